The summed E-state index contributed by atoms with van der Waals surface area (Å²) in [5, 5.41) is 2.56. The van der Waals surface area contributed by atoms with Crippen LogP contribution >= 0.6 is 0 Å². The average Bonchev–Trinajstić information content (AvgIpc) is 4.04. The van der Waals surface area contributed by atoms with E-state index in [2.05, 4.69) is 205 Å². The van der Waals surface area contributed by atoms with Crippen molar-refractivity contribution in [2.45, 2.75) is 10.8 Å². The molecule has 0 saturated carbocycles. The fraction of sp³-hybridized carbons (Fsp3) is 0.0357. The normalized spacial score (nSPS) is 14.9. The molecule has 0 fully saturated rings. The van der Waals surface area contributed by atoms with Crippen molar-refractivity contribution in [3.05, 3.63) is 245 Å². The van der Waals surface area contributed by atoms with E-state index >= 15 is 0 Å². The number of hydrogen-bond donors (Lipinski definition) is 0. The van der Waals surface area contributed by atoms with E-state index < -0.39 is 10.8 Å². The molecule has 1 heteroatoms. The Labute approximate surface area is 330 Å². The molecular formula is C56H33N. The summed E-state index contributed by atoms with van der Waals surface area (Å²) < 4.78 is 2.63. The van der Waals surface area contributed by atoms with Crippen LogP contribution in [0.3, 0.4) is 0 Å². The molecule has 57 heavy (non-hydrogen) atoms. The van der Waals surface area contributed by atoms with E-state index in [1.807, 2.05) is 0 Å². The van der Waals surface area contributed by atoms with Gasteiger partial charge in [-0.05, 0) is 90.0 Å². The molecule has 0 saturated heterocycles. The average molecular weight is 720 g/mol. The van der Waals surface area contributed by atoms with E-state index in [9.17, 15) is 0 Å². The fourth-order valence-electron chi connectivity index (χ4n) is 12.2. The van der Waals surface area contributed by atoms with Crippen molar-refractivity contribution >= 4 is 21.8 Å². The number of hydrogen-bond acceptors (Lipinski definition) is 0. The van der Waals surface area contributed by atoms with E-state index in [1.165, 1.54) is 117 Å². The van der Waals surface area contributed by atoms with Gasteiger partial charge in [-0.3, -0.25) is 0 Å². The Morgan fingerprint density at radius 2 is 0.649 bits per heavy atom. The predicted octanol–water partition coefficient (Wildman–Crippen LogP) is 13.5. The lowest BCUT2D eigenvalue weighted by Gasteiger charge is -2.30. The molecule has 0 amide bonds. The lowest BCUT2D eigenvalue weighted by Crippen LogP contribution is -2.25. The summed E-state index contributed by atoms with van der Waals surface area (Å²) in [6.45, 7) is 0. The zero-order chi connectivity index (χ0) is 37.0. The van der Waals surface area contributed by atoms with Gasteiger partial charge in [-0.25, -0.2) is 0 Å². The van der Waals surface area contributed by atoms with Gasteiger partial charge >= 0.3 is 0 Å². The highest BCUT2D eigenvalue weighted by molar-refractivity contribution is 6.17. The molecule has 1 aromatic heterocycles. The van der Waals surface area contributed by atoms with Crippen LogP contribution in [-0.4, -0.2) is 4.57 Å². The molecule has 0 atom stereocenters. The highest BCUT2D eigenvalue weighted by Gasteiger charge is 2.54. The second-order valence-corrected chi connectivity index (χ2v) is 16.2. The van der Waals surface area contributed by atoms with Crippen molar-refractivity contribution in [2.24, 2.45) is 0 Å². The number of fused-ring (bicyclic) bond motifs is 24. The molecule has 10 aromatic rings. The SMILES string of the molecule is c1ccc2c(c1)-c1ccccc1C21c2ccccc2-c2c(-n3c4ccccc4c4ccc5c(c43)-c3ccccc3C53c4ccccc4-c4ccccc43)cccc21. The number of para-hydroxylation sites is 1. The second kappa shape index (κ2) is 10.3. The number of benzene rings is 9. The Morgan fingerprint density at radius 1 is 0.263 bits per heavy atom. The first-order valence-corrected chi connectivity index (χ1v) is 20.1. The number of rotatable bonds is 1. The van der Waals surface area contributed by atoms with Crippen molar-refractivity contribution in [2.75, 3.05) is 0 Å². The van der Waals surface area contributed by atoms with Crippen LogP contribution in [0.4, 0.5) is 0 Å². The highest BCUT2D eigenvalue weighted by atomic mass is 15.0. The summed E-state index contributed by atoms with van der Waals surface area (Å²) in [6.07, 6.45) is 0. The Bertz CT molecular complexity index is 3340. The van der Waals surface area contributed by atoms with E-state index in [-0.39, 0.29) is 0 Å². The molecule has 4 aliphatic rings. The summed E-state index contributed by atoms with van der Waals surface area (Å²) in [4.78, 5) is 0. The summed E-state index contributed by atoms with van der Waals surface area (Å²) in [5.41, 5.74) is 24.4. The summed E-state index contributed by atoms with van der Waals surface area (Å²) in [7, 11) is 0. The van der Waals surface area contributed by atoms with Gasteiger partial charge in [0.15, 0.2) is 0 Å². The minimum atomic E-state index is -0.416. The molecule has 0 radical (unpaired) electrons. The summed E-state index contributed by atoms with van der Waals surface area (Å²) in [6, 6.07) is 75.9. The van der Waals surface area contributed by atoms with Crippen molar-refractivity contribution in [1.82, 2.24) is 4.57 Å². The fourth-order valence-corrected chi connectivity index (χ4v) is 12.2. The Balaban J connectivity index is 1.16. The van der Waals surface area contributed by atoms with E-state index in [0.717, 1.165) is 0 Å². The minimum absolute atomic E-state index is 0.413. The van der Waals surface area contributed by atoms with Crippen LogP contribution in [0.2, 0.25) is 0 Å². The molecule has 0 unspecified atom stereocenters. The second-order valence-electron chi connectivity index (χ2n) is 16.2. The van der Waals surface area contributed by atoms with Crippen molar-refractivity contribution < 1.29 is 0 Å². The standard InChI is InChI=1S/C56H33N/c1-8-23-42-34(16-1)35-17-2-9-24-43(35)55(42)46-27-12-5-21-40(46)52-48(55)29-15-31-51(52)57-50-30-14-7-20-38(50)39-32-33-49-53(54(39)57)41-22-6-13-28-47(41)56(49)44-25-10-3-18-36(44)37-19-4-11-26-45(37)56/h1-33H. The smallest absolute Gasteiger partial charge is 0.0726 e. The zero-order valence-corrected chi connectivity index (χ0v) is 31.0. The van der Waals surface area contributed by atoms with Gasteiger partial charge in [0.2, 0.25) is 0 Å². The number of aromatic nitrogens is 1. The Morgan fingerprint density at radius 3 is 1.18 bits per heavy atom. The maximum Gasteiger partial charge on any atom is 0.0726 e. The third-order valence-corrected chi connectivity index (χ3v) is 14.0. The van der Waals surface area contributed by atoms with Gasteiger partial charge in [0.25, 0.3) is 0 Å². The molecule has 1 nitrogen and oxygen atoms in total. The predicted molar refractivity (Wildman–Crippen MR) is 233 cm³/mol. The van der Waals surface area contributed by atoms with Gasteiger partial charge in [-0.15, -0.1) is 0 Å². The molecule has 14 rings (SSSR count). The quantitative estimate of drug-likeness (QED) is 0.159. The first-order valence-electron chi connectivity index (χ1n) is 20.1. The van der Waals surface area contributed by atoms with Gasteiger partial charge < -0.3 is 4.57 Å². The highest BCUT2D eigenvalue weighted by Crippen LogP contribution is 2.66. The molecule has 0 aliphatic heterocycles. The van der Waals surface area contributed by atoms with Crippen molar-refractivity contribution in [3.8, 4) is 50.2 Å². The van der Waals surface area contributed by atoms with Crippen molar-refractivity contribution in [1.29, 1.82) is 0 Å². The lowest BCUT2D eigenvalue weighted by atomic mass is 9.70. The largest absolute Gasteiger partial charge is 0.308 e. The van der Waals surface area contributed by atoms with Gasteiger partial charge in [0.05, 0.1) is 27.6 Å². The van der Waals surface area contributed by atoms with Crippen LogP contribution in [0.1, 0.15) is 44.5 Å². The monoisotopic (exact) mass is 719 g/mol. The third kappa shape index (κ3) is 3.27. The van der Waals surface area contributed by atoms with Crippen LogP contribution in [-0.2, 0) is 10.8 Å². The van der Waals surface area contributed by atoms with Crippen LogP contribution < -0.4 is 0 Å². The van der Waals surface area contributed by atoms with E-state index in [0.29, 0.717) is 0 Å². The van der Waals surface area contributed by atoms with Gasteiger partial charge in [-0.1, -0.05) is 188 Å². The zero-order valence-electron chi connectivity index (χ0n) is 31.0. The molecule has 2 spiro atoms. The molecule has 1 heterocycles. The van der Waals surface area contributed by atoms with Crippen LogP contribution in [0.25, 0.3) is 72.0 Å². The van der Waals surface area contributed by atoms with Crippen LogP contribution in [0.5, 0.6) is 0 Å². The molecular weight excluding hydrogens is 687 g/mol. The minimum Gasteiger partial charge on any atom is -0.308 e. The Kier molecular flexibility index (Phi) is 5.45. The molecule has 4 aliphatic carbocycles. The van der Waals surface area contributed by atoms with E-state index in [4.69, 9.17) is 0 Å². The van der Waals surface area contributed by atoms with E-state index in [1.54, 1.807) is 0 Å². The lowest BCUT2D eigenvalue weighted by molar-refractivity contribution is 0.793. The molecule has 262 valence electrons. The first-order chi connectivity index (χ1) is 28.3. The topological polar surface area (TPSA) is 4.93 Å². The number of nitrogens with zero attached hydrogens (tertiary/aromatic N) is 1. The molecule has 9 aromatic carbocycles. The van der Waals surface area contributed by atoms with Gasteiger partial charge in [-0.2, -0.15) is 0 Å². The summed E-state index contributed by atoms with van der Waals surface area (Å²) >= 11 is 0. The van der Waals surface area contributed by atoms with Crippen LogP contribution in [0, 0.1) is 0 Å². The van der Waals surface area contributed by atoms with Crippen LogP contribution in [0.15, 0.2) is 200 Å². The third-order valence-electron chi connectivity index (χ3n) is 14.0. The van der Waals surface area contributed by atoms with Gasteiger partial charge in [0.1, 0.15) is 0 Å². The summed E-state index contributed by atoms with van der Waals surface area (Å²) in [5.74, 6) is 0. The van der Waals surface area contributed by atoms with Crippen molar-refractivity contribution in [3.63, 3.8) is 0 Å². The Hall–Kier alpha value is -7.22. The first kappa shape index (κ1) is 30.1. The molecule has 0 bridgehead atoms. The maximum absolute atomic E-state index is 2.63. The van der Waals surface area contributed by atoms with Gasteiger partial charge in [0, 0.05) is 21.9 Å². The maximum atomic E-state index is 2.63. The molecule has 0 N–H and O–H groups in total.